The normalized spacial score (nSPS) is 12.3. The number of nitrogens with zero attached hydrogens (tertiary/aromatic N) is 3. The summed E-state index contributed by atoms with van der Waals surface area (Å²) in [6.07, 6.45) is -0.495. The van der Waals surface area contributed by atoms with Crippen LogP contribution in [0.4, 0.5) is 4.79 Å². The highest BCUT2D eigenvalue weighted by atomic mass is 31.2. The molecule has 266 valence electrons. The van der Waals surface area contributed by atoms with Crippen molar-refractivity contribution in [1.29, 1.82) is 5.26 Å². The molecule has 0 aliphatic rings. The van der Waals surface area contributed by atoms with Gasteiger partial charge in [-0.1, -0.05) is 54.6 Å². The van der Waals surface area contributed by atoms with Crippen LogP contribution in [0.15, 0.2) is 78.9 Å². The first-order valence-corrected chi connectivity index (χ1v) is 17.9. The summed E-state index contributed by atoms with van der Waals surface area (Å²) in [7, 11) is 1.82. The van der Waals surface area contributed by atoms with Crippen LogP contribution < -0.4 is 9.47 Å². The van der Waals surface area contributed by atoms with E-state index in [1.54, 1.807) is 19.1 Å². The lowest BCUT2D eigenvalue weighted by atomic mass is 9.80. The van der Waals surface area contributed by atoms with E-state index < -0.39 is 20.2 Å². The Morgan fingerprint density at radius 3 is 1.69 bits per heavy atom. The van der Waals surface area contributed by atoms with Gasteiger partial charge >= 0.3 is 6.09 Å². The van der Waals surface area contributed by atoms with E-state index in [1.165, 1.54) is 0 Å². The second-order valence-electron chi connectivity index (χ2n) is 12.2. The molecule has 49 heavy (non-hydrogen) atoms. The first-order valence-electron chi connectivity index (χ1n) is 16.7. The zero-order chi connectivity index (χ0) is 35.8. The summed E-state index contributed by atoms with van der Waals surface area (Å²) in [6.45, 7) is 13.1. The SMILES string of the molecule is COc1ccc(C(OCCN(CCOP(OCCC#N)N(C(C)C)C(C)C)C(=O)OC(C)C)(c2ccccc2)c2ccc(OC)cc2)cc1. The van der Waals surface area contributed by atoms with Crippen LogP contribution >= 0.6 is 8.53 Å². The number of carbonyl (C=O) groups is 1. The monoisotopic (exact) mass is 693 g/mol. The highest BCUT2D eigenvalue weighted by Crippen LogP contribution is 2.46. The number of hydrogen-bond donors (Lipinski definition) is 0. The minimum absolute atomic E-state index is 0.158. The predicted octanol–water partition coefficient (Wildman–Crippen LogP) is 8.15. The Bertz CT molecular complexity index is 1370. The van der Waals surface area contributed by atoms with E-state index in [4.69, 9.17) is 33.3 Å². The molecule has 0 saturated heterocycles. The molecule has 3 aromatic rings. The summed E-state index contributed by atoms with van der Waals surface area (Å²) in [5.41, 5.74) is 1.69. The summed E-state index contributed by atoms with van der Waals surface area (Å²) < 4.78 is 38.1. The number of carbonyl (C=O) groups excluding carboxylic acids is 1. The molecular weight excluding hydrogens is 641 g/mol. The Labute approximate surface area is 293 Å². The Hall–Kier alpha value is -3.71. The van der Waals surface area contributed by atoms with Crippen molar-refractivity contribution in [1.82, 2.24) is 9.57 Å². The average molecular weight is 694 g/mol. The maximum atomic E-state index is 13.4. The molecule has 0 radical (unpaired) electrons. The fourth-order valence-electron chi connectivity index (χ4n) is 5.50. The lowest BCUT2D eigenvalue weighted by Gasteiger charge is -2.37. The smallest absolute Gasteiger partial charge is 0.410 e. The van der Waals surface area contributed by atoms with Crippen molar-refractivity contribution in [2.75, 3.05) is 47.1 Å². The predicted molar refractivity (Wildman–Crippen MR) is 193 cm³/mol. The molecule has 0 fully saturated rings. The quantitative estimate of drug-likeness (QED) is 0.0659. The third-order valence-electron chi connectivity index (χ3n) is 7.67. The Morgan fingerprint density at radius 2 is 1.22 bits per heavy atom. The van der Waals surface area contributed by atoms with Gasteiger partial charge < -0.3 is 32.9 Å². The Morgan fingerprint density at radius 1 is 0.735 bits per heavy atom. The number of hydrogen-bond acceptors (Lipinski definition) is 9. The van der Waals surface area contributed by atoms with E-state index in [-0.39, 0.29) is 57.5 Å². The number of nitriles is 1. The van der Waals surface area contributed by atoms with Crippen LogP contribution in [-0.2, 0) is 24.1 Å². The van der Waals surface area contributed by atoms with Crippen LogP contribution in [-0.4, -0.2) is 81.0 Å². The lowest BCUT2D eigenvalue weighted by molar-refractivity contribution is -0.00372. The summed E-state index contributed by atoms with van der Waals surface area (Å²) >= 11 is 0. The molecule has 0 aromatic heterocycles. The van der Waals surface area contributed by atoms with Crippen molar-refractivity contribution in [3.8, 4) is 17.6 Å². The van der Waals surface area contributed by atoms with Gasteiger partial charge in [0.1, 0.15) is 17.1 Å². The third-order valence-corrected chi connectivity index (χ3v) is 9.78. The van der Waals surface area contributed by atoms with Crippen molar-refractivity contribution in [2.45, 2.75) is 71.8 Å². The Kier molecular flexibility index (Phi) is 16.3. The maximum absolute atomic E-state index is 13.4. The van der Waals surface area contributed by atoms with E-state index in [9.17, 15) is 4.79 Å². The van der Waals surface area contributed by atoms with Crippen molar-refractivity contribution < 1.29 is 32.8 Å². The fourth-order valence-corrected chi connectivity index (χ4v) is 7.08. The lowest BCUT2D eigenvalue weighted by Crippen LogP contribution is -2.41. The average Bonchev–Trinajstić information content (AvgIpc) is 3.09. The van der Waals surface area contributed by atoms with Crippen molar-refractivity contribution in [3.63, 3.8) is 0 Å². The number of rotatable bonds is 20. The summed E-state index contributed by atoms with van der Waals surface area (Å²) in [5.74, 6) is 1.46. The molecule has 0 aliphatic carbocycles. The largest absolute Gasteiger partial charge is 0.497 e. The molecule has 3 rings (SSSR count). The van der Waals surface area contributed by atoms with Gasteiger partial charge in [-0.15, -0.1) is 0 Å². The number of amides is 1. The minimum Gasteiger partial charge on any atom is -0.497 e. The van der Waals surface area contributed by atoms with Crippen LogP contribution in [0, 0.1) is 11.3 Å². The molecule has 1 atom stereocenters. The van der Waals surface area contributed by atoms with E-state index in [1.807, 2.05) is 92.7 Å². The number of ether oxygens (including phenoxy) is 4. The standard InChI is InChI=1S/C38H52N3O7P/c1-29(2)41(30(3)4)49(46-26-12-23-39)47-28-25-40(37(42)48-31(5)6)24-27-45-38(32-13-10-9-11-14-32,33-15-19-35(43-7)20-16-33)34-17-21-36(44-8)22-18-34/h9-11,13-22,29-31H,12,24-28H2,1-8H3. The number of methoxy groups -OCH3 is 2. The van der Waals surface area contributed by atoms with Crippen LogP contribution in [0.25, 0.3) is 0 Å². The Balaban J connectivity index is 1.93. The van der Waals surface area contributed by atoms with E-state index >= 15 is 0 Å². The molecule has 0 aliphatic heterocycles. The van der Waals surface area contributed by atoms with Gasteiger partial charge in [0.2, 0.25) is 0 Å². The number of benzene rings is 3. The molecule has 1 unspecified atom stereocenters. The molecule has 3 aromatic carbocycles. The maximum Gasteiger partial charge on any atom is 0.410 e. The molecule has 0 N–H and O–H groups in total. The molecule has 1 amide bonds. The van der Waals surface area contributed by atoms with Crippen LogP contribution in [0.1, 0.15) is 64.7 Å². The molecule has 11 heteroatoms. The van der Waals surface area contributed by atoms with Gasteiger partial charge in [0.05, 0.1) is 52.6 Å². The van der Waals surface area contributed by atoms with Crippen molar-refractivity contribution in [3.05, 3.63) is 95.6 Å². The highest BCUT2D eigenvalue weighted by Gasteiger charge is 2.38. The van der Waals surface area contributed by atoms with E-state index in [0.29, 0.717) is 0 Å². The minimum atomic E-state index is -1.46. The summed E-state index contributed by atoms with van der Waals surface area (Å²) in [4.78, 5) is 15.0. The van der Waals surface area contributed by atoms with Gasteiger partial charge in [0.25, 0.3) is 8.53 Å². The van der Waals surface area contributed by atoms with Crippen LogP contribution in [0.3, 0.4) is 0 Å². The second-order valence-corrected chi connectivity index (χ2v) is 13.6. The fraction of sp³-hybridized carbons (Fsp3) is 0.474. The zero-order valence-corrected chi connectivity index (χ0v) is 31.0. The summed E-state index contributed by atoms with van der Waals surface area (Å²) in [5, 5.41) is 9.06. The first kappa shape index (κ1) is 39.7. The molecule has 0 spiro atoms. The third kappa shape index (κ3) is 11.1. The van der Waals surface area contributed by atoms with Gasteiger partial charge in [-0.2, -0.15) is 5.26 Å². The van der Waals surface area contributed by atoms with E-state index in [0.717, 1.165) is 28.2 Å². The first-order chi connectivity index (χ1) is 23.6. The van der Waals surface area contributed by atoms with Gasteiger partial charge in [0, 0.05) is 25.2 Å². The van der Waals surface area contributed by atoms with Crippen molar-refractivity contribution in [2.24, 2.45) is 0 Å². The van der Waals surface area contributed by atoms with Gasteiger partial charge in [-0.25, -0.2) is 9.46 Å². The highest BCUT2D eigenvalue weighted by molar-refractivity contribution is 7.44. The second kappa shape index (κ2) is 20.1. The van der Waals surface area contributed by atoms with Crippen molar-refractivity contribution >= 4 is 14.6 Å². The molecule has 0 bridgehead atoms. The van der Waals surface area contributed by atoms with Crippen LogP contribution in [0.5, 0.6) is 11.5 Å². The van der Waals surface area contributed by atoms with Gasteiger partial charge in [-0.3, -0.25) is 0 Å². The molecule has 10 nitrogen and oxygen atoms in total. The van der Waals surface area contributed by atoms with E-state index in [2.05, 4.69) is 38.4 Å². The molecule has 0 saturated carbocycles. The van der Waals surface area contributed by atoms with Gasteiger partial charge in [0.15, 0.2) is 0 Å². The topological polar surface area (TPSA) is 103 Å². The zero-order valence-electron chi connectivity index (χ0n) is 30.1. The van der Waals surface area contributed by atoms with Crippen LogP contribution in [0.2, 0.25) is 0 Å². The summed E-state index contributed by atoms with van der Waals surface area (Å²) in [6, 6.07) is 28.1. The molecular formula is C38H52N3O7P. The van der Waals surface area contributed by atoms with Gasteiger partial charge in [-0.05, 0) is 82.5 Å². The molecule has 0 heterocycles.